The minimum absolute atomic E-state index is 0.133. The number of hydrogen-bond donors (Lipinski definition) is 0. The number of nitrogens with zero attached hydrogens (tertiary/aromatic N) is 1. The van der Waals surface area contributed by atoms with E-state index in [0.29, 0.717) is 4.58 Å². The molecule has 7 heteroatoms. The first-order chi connectivity index (χ1) is 12.7. The Morgan fingerprint density at radius 2 is 1.81 bits per heavy atom. The van der Waals surface area contributed by atoms with Crippen LogP contribution >= 0.6 is 23.5 Å². The zero-order valence-corrected chi connectivity index (χ0v) is 16.1. The Kier molecular flexibility index (Phi) is 6.11. The van der Waals surface area contributed by atoms with Crippen LogP contribution in [0.3, 0.4) is 0 Å². The minimum atomic E-state index is -0.600. The molecule has 0 radical (unpaired) electrons. The fourth-order valence-corrected chi connectivity index (χ4v) is 5.58. The van der Waals surface area contributed by atoms with Gasteiger partial charge in [0.25, 0.3) is 0 Å². The number of carbonyl (C=O) groups is 2. The molecular formula is C19H19NO4S2. The molecule has 3 rings (SSSR count). The predicted molar refractivity (Wildman–Crippen MR) is 106 cm³/mol. The summed E-state index contributed by atoms with van der Waals surface area (Å²) < 4.78 is 10.2. The fourth-order valence-electron chi connectivity index (χ4n) is 2.74. The van der Waals surface area contributed by atoms with Crippen molar-refractivity contribution >= 4 is 41.1 Å². The standard InChI is InChI=1S/C19H19NO4S2/c1-23-17(21)15-8-3-4-9-20(16(15)18(22)24-2)14-7-5-6-13(12-14)19-25-10-11-26-19/h3-9,12,19H,10-11H2,1-2H3. The molecule has 1 aromatic carbocycles. The third-order valence-corrected chi connectivity index (χ3v) is 7.04. The molecule has 0 N–H and O–H groups in total. The van der Waals surface area contributed by atoms with Crippen LogP contribution in [0.1, 0.15) is 10.1 Å². The van der Waals surface area contributed by atoms with Crippen molar-refractivity contribution in [3.8, 4) is 0 Å². The van der Waals surface area contributed by atoms with E-state index >= 15 is 0 Å². The van der Waals surface area contributed by atoms with Gasteiger partial charge in [0, 0.05) is 23.4 Å². The summed E-state index contributed by atoms with van der Waals surface area (Å²) in [6.45, 7) is 0. The molecule has 1 saturated heterocycles. The number of rotatable bonds is 4. The fraction of sp³-hybridized carbons (Fsp3) is 0.263. The van der Waals surface area contributed by atoms with Crippen molar-refractivity contribution in [1.29, 1.82) is 0 Å². The van der Waals surface area contributed by atoms with Crippen LogP contribution in [0.5, 0.6) is 0 Å². The van der Waals surface area contributed by atoms with Gasteiger partial charge < -0.3 is 14.4 Å². The lowest BCUT2D eigenvalue weighted by atomic mass is 10.1. The highest BCUT2D eigenvalue weighted by atomic mass is 32.2. The first-order valence-electron chi connectivity index (χ1n) is 8.04. The molecule has 0 aliphatic carbocycles. The van der Waals surface area contributed by atoms with Crippen molar-refractivity contribution in [3.63, 3.8) is 0 Å². The van der Waals surface area contributed by atoms with Gasteiger partial charge in [-0.05, 0) is 29.8 Å². The molecule has 2 aliphatic heterocycles. The van der Waals surface area contributed by atoms with Gasteiger partial charge in [0.1, 0.15) is 5.70 Å². The molecule has 2 aliphatic rings. The Bertz CT molecular complexity index is 794. The number of hydrogen-bond acceptors (Lipinski definition) is 7. The van der Waals surface area contributed by atoms with E-state index in [-0.39, 0.29) is 11.3 Å². The van der Waals surface area contributed by atoms with Gasteiger partial charge in [-0.1, -0.05) is 18.2 Å². The first kappa shape index (κ1) is 18.7. The van der Waals surface area contributed by atoms with Crippen molar-refractivity contribution in [2.45, 2.75) is 4.58 Å². The van der Waals surface area contributed by atoms with Crippen molar-refractivity contribution < 1.29 is 19.1 Å². The largest absolute Gasteiger partial charge is 0.465 e. The maximum atomic E-state index is 12.5. The highest BCUT2D eigenvalue weighted by molar-refractivity contribution is 8.19. The molecule has 1 fully saturated rings. The topological polar surface area (TPSA) is 55.8 Å². The van der Waals surface area contributed by atoms with Crippen LogP contribution in [-0.4, -0.2) is 37.7 Å². The molecule has 5 nitrogen and oxygen atoms in total. The van der Waals surface area contributed by atoms with Crippen LogP contribution in [0.15, 0.2) is 60.0 Å². The average Bonchev–Trinajstić information content (AvgIpc) is 3.13. The number of thioether (sulfide) groups is 2. The van der Waals surface area contributed by atoms with E-state index in [1.165, 1.54) is 19.8 Å². The van der Waals surface area contributed by atoms with E-state index in [0.717, 1.165) is 17.2 Å². The Balaban J connectivity index is 2.07. The summed E-state index contributed by atoms with van der Waals surface area (Å²) in [4.78, 5) is 26.3. The summed E-state index contributed by atoms with van der Waals surface area (Å²) in [6.07, 6.45) is 6.76. The zero-order chi connectivity index (χ0) is 18.5. The lowest BCUT2D eigenvalue weighted by Gasteiger charge is -2.24. The van der Waals surface area contributed by atoms with Gasteiger partial charge in [-0.3, -0.25) is 0 Å². The van der Waals surface area contributed by atoms with E-state index in [4.69, 9.17) is 9.47 Å². The van der Waals surface area contributed by atoms with Crippen molar-refractivity contribution in [1.82, 2.24) is 0 Å². The van der Waals surface area contributed by atoms with E-state index in [9.17, 15) is 9.59 Å². The summed E-state index contributed by atoms with van der Waals surface area (Å²) in [5.41, 5.74) is 2.26. The molecule has 2 heterocycles. The maximum absolute atomic E-state index is 12.5. The second-order valence-corrected chi connectivity index (χ2v) is 8.21. The van der Waals surface area contributed by atoms with E-state index in [1.807, 2.05) is 41.7 Å². The monoisotopic (exact) mass is 389 g/mol. The molecule has 136 valence electrons. The van der Waals surface area contributed by atoms with Crippen LogP contribution in [0, 0.1) is 0 Å². The summed E-state index contributed by atoms with van der Waals surface area (Å²) in [7, 11) is 2.58. The van der Waals surface area contributed by atoms with Crippen molar-refractivity contribution in [2.24, 2.45) is 0 Å². The molecule has 1 aromatic rings. The molecule has 26 heavy (non-hydrogen) atoms. The number of methoxy groups -OCH3 is 2. The summed E-state index contributed by atoms with van der Waals surface area (Å²) in [5.74, 6) is 1.07. The van der Waals surface area contributed by atoms with Crippen LogP contribution < -0.4 is 4.90 Å². The Labute approximate surface area is 161 Å². The molecule has 0 saturated carbocycles. The Morgan fingerprint density at radius 1 is 1.08 bits per heavy atom. The van der Waals surface area contributed by atoms with Crippen LogP contribution in [0.25, 0.3) is 0 Å². The zero-order valence-electron chi connectivity index (χ0n) is 14.5. The van der Waals surface area contributed by atoms with Crippen LogP contribution in [-0.2, 0) is 19.1 Å². The normalized spacial score (nSPS) is 17.4. The molecule has 0 spiro atoms. The van der Waals surface area contributed by atoms with Gasteiger partial charge in [-0.25, -0.2) is 9.59 Å². The Hall–Kier alpha value is -2.12. The summed E-state index contributed by atoms with van der Waals surface area (Å²) in [5, 5.41) is 0. The SMILES string of the molecule is COC(=O)C1=C(C(=O)OC)N(c2cccc(C3SCCS3)c2)C=CC=C1. The van der Waals surface area contributed by atoms with E-state index in [2.05, 4.69) is 6.07 Å². The maximum Gasteiger partial charge on any atom is 0.355 e. The Morgan fingerprint density at radius 3 is 2.50 bits per heavy atom. The van der Waals surface area contributed by atoms with Gasteiger partial charge in [0.05, 0.1) is 24.4 Å². The number of carbonyl (C=O) groups excluding carboxylic acids is 2. The lowest BCUT2D eigenvalue weighted by molar-refractivity contribution is -0.139. The molecule has 0 unspecified atom stereocenters. The van der Waals surface area contributed by atoms with Crippen molar-refractivity contribution in [3.05, 3.63) is 65.5 Å². The highest BCUT2D eigenvalue weighted by Crippen LogP contribution is 2.46. The summed E-state index contributed by atoms with van der Waals surface area (Å²) in [6, 6.07) is 8.00. The van der Waals surface area contributed by atoms with Gasteiger partial charge in [-0.2, -0.15) is 0 Å². The third-order valence-electron chi connectivity index (χ3n) is 3.93. The van der Waals surface area contributed by atoms with Crippen LogP contribution in [0.2, 0.25) is 0 Å². The van der Waals surface area contributed by atoms with E-state index in [1.54, 1.807) is 29.3 Å². The quantitative estimate of drug-likeness (QED) is 0.729. The van der Waals surface area contributed by atoms with Crippen LogP contribution in [0.4, 0.5) is 5.69 Å². The average molecular weight is 389 g/mol. The molecular weight excluding hydrogens is 370 g/mol. The van der Waals surface area contributed by atoms with Gasteiger partial charge >= 0.3 is 11.9 Å². The number of allylic oxidation sites excluding steroid dienone is 2. The second kappa shape index (κ2) is 8.51. The number of ether oxygens (including phenoxy) is 2. The van der Waals surface area contributed by atoms with E-state index < -0.39 is 11.9 Å². The van der Waals surface area contributed by atoms with Crippen molar-refractivity contribution in [2.75, 3.05) is 30.6 Å². The molecule has 0 aromatic heterocycles. The second-order valence-electron chi connectivity index (χ2n) is 5.48. The van der Waals surface area contributed by atoms with Gasteiger partial charge in [0.2, 0.25) is 0 Å². The highest BCUT2D eigenvalue weighted by Gasteiger charge is 2.28. The first-order valence-corrected chi connectivity index (χ1v) is 10.1. The molecule has 0 atom stereocenters. The third kappa shape index (κ3) is 3.83. The smallest absolute Gasteiger partial charge is 0.355 e. The number of benzene rings is 1. The van der Waals surface area contributed by atoms with Gasteiger partial charge in [-0.15, -0.1) is 23.5 Å². The predicted octanol–water partition coefficient (Wildman–Crippen LogP) is 3.66. The molecule has 0 bridgehead atoms. The molecule has 0 amide bonds. The number of esters is 2. The van der Waals surface area contributed by atoms with Gasteiger partial charge in [0.15, 0.2) is 0 Å². The summed E-state index contributed by atoms with van der Waals surface area (Å²) >= 11 is 3.82. The number of anilines is 1. The lowest BCUT2D eigenvalue weighted by Crippen LogP contribution is -2.27. The minimum Gasteiger partial charge on any atom is -0.465 e.